The van der Waals surface area contributed by atoms with Gasteiger partial charge in [-0.3, -0.25) is 4.79 Å². The van der Waals surface area contributed by atoms with Crippen molar-refractivity contribution in [1.82, 2.24) is 4.90 Å². The average Bonchev–Trinajstić information content (AvgIpc) is 2.46. The minimum Gasteiger partial charge on any atom is -0.480 e. The molecule has 108 valence electrons. The number of hydrogen-bond acceptors (Lipinski definition) is 2. The zero-order valence-electron chi connectivity index (χ0n) is 11.2. The number of carboxylic acids is 1. The second-order valence-electron chi connectivity index (χ2n) is 5.06. The number of carboxylic acid groups (broad SMARTS) is 1. The van der Waals surface area contributed by atoms with Gasteiger partial charge in [0.15, 0.2) is 0 Å². The van der Waals surface area contributed by atoms with Crippen LogP contribution in [0, 0.1) is 5.82 Å². The van der Waals surface area contributed by atoms with E-state index in [4.69, 9.17) is 5.11 Å². The summed E-state index contributed by atoms with van der Waals surface area (Å²) in [5.74, 6) is -1.37. The fraction of sp³-hybridized carbons (Fsp3) is 0.467. The fourth-order valence-corrected chi connectivity index (χ4v) is 2.53. The van der Waals surface area contributed by atoms with Crippen molar-refractivity contribution in [3.8, 4) is 0 Å². The van der Waals surface area contributed by atoms with Crippen LogP contribution in [0.15, 0.2) is 24.3 Å². The third-order valence-corrected chi connectivity index (χ3v) is 3.65. The number of hydrogen-bond donors (Lipinski definition) is 1. The summed E-state index contributed by atoms with van der Waals surface area (Å²) in [6.45, 7) is 0.513. The molecule has 20 heavy (non-hydrogen) atoms. The summed E-state index contributed by atoms with van der Waals surface area (Å²) in [6, 6.07) is 5.33. The van der Waals surface area contributed by atoms with E-state index < -0.39 is 12.0 Å². The highest BCUT2D eigenvalue weighted by Crippen LogP contribution is 2.19. The second kappa shape index (κ2) is 6.50. The molecule has 1 amide bonds. The Morgan fingerprint density at radius 3 is 2.60 bits per heavy atom. The van der Waals surface area contributed by atoms with E-state index in [1.165, 1.54) is 17.0 Å². The van der Waals surface area contributed by atoms with Crippen molar-refractivity contribution in [2.24, 2.45) is 0 Å². The third kappa shape index (κ3) is 3.56. The number of benzene rings is 1. The first-order valence-electron chi connectivity index (χ1n) is 6.84. The standard InChI is InChI=1S/C15H18FNO3/c16-12-7-4-11(5-8-12)6-9-14(18)17-10-2-1-3-13(17)15(19)20/h4-5,7-8,13H,1-3,6,9-10H2,(H,19,20)/t13-/m0/s1. The van der Waals surface area contributed by atoms with Crippen LogP contribution in [0.25, 0.3) is 0 Å². The van der Waals surface area contributed by atoms with E-state index in [0.717, 1.165) is 18.4 Å². The lowest BCUT2D eigenvalue weighted by molar-refractivity contribution is -0.152. The molecule has 1 aromatic rings. The molecule has 0 aromatic heterocycles. The summed E-state index contributed by atoms with van der Waals surface area (Å²) in [5, 5.41) is 9.14. The number of halogens is 1. The maximum absolute atomic E-state index is 12.8. The molecule has 0 radical (unpaired) electrons. The first-order valence-corrected chi connectivity index (χ1v) is 6.84. The smallest absolute Gasteiger partial charge is 0.326 e. The summed E-state index contributed by atoms with van der Waals surface area (Å²) in [4.78, 5) is 24.8. The lowest BCUT2D eigenvalue weighted by Crippen LogP contribution is -2.48. The highest BCUT2D eigenvalue weighted by Gasteiger charge is 2.31. The molecule has 1 N–H and O–H groups in total. The molecule has 2 rings (SSSR count). The number of nitrogens with zero attached hydrogens (tertiary/aromatic N) is 1. The Morgan fingerprint density at radius 2 is 1.95 bits per heavy atom. The molecule has 1 atom stereocenters. The van der Waals surface area contributed by atoms with Crippen LogP contribution in [0.3, 0.4) is 0 Å². The molecule has 0 saturated carbocycles. The van der Waals surface area contributed by atoms with E-state index >= 15 is 0 Å². The van der Waals surface area contributed by atoms with E-state index in [1.807, 2.05) is 0 Å². The predicted octanol–water partition coefficient (Wildman–Crippen LogP) is 2.22. The molecule has 0 bridgehead atoms. The largest absolute Gasteiger partial charge is 0.480 e. The summed E-state index contributed by atoms with van der Waals surface area (Å²) in [5.41, 5.74) is 0.878. The lowest BCUT2D eigenvalue weighted by Gasteiger charge is -2.33. The normalized spacial score (nSPS) is 18.9. The molecule has 1 aliphatic rings. The number of aryl methyl sites for hydroxylation is 1. The van der Waals surface area contributed by atoms with Crippen molar-refractivity contribution >= 4 is 11.9 Å². The van der Waals surface area contributed by atoms with Gasteiger partial charge in [0.25, 0.3) is 0 Å². The molecule has 1 fully saturated rings. The average molecular weight is 279 g/mol. The Hall–Kier alpha value is -1.91. The van der Waals surface area contributed by atoms with E-state index in [1.54, 1.807) is 12.1 Å². The minimum absolute atomic E-state index is 0.138. The van der Waals surface area contributed by atoms with Crippen LogP contribution in [0.2, 0.25) is 0 Å². The van der Waals surface area contributed by atoms with Crippen LogP contribution < -0.4 is 0 Å². The molecular weight excluding hydrogens is 261 g/mol. The van der Waals surface area contributed by atoms with Gasteiger partial charge < -0.3 is 10.0 Å². The molecule has 1 aliphatic heterocycles. The Morgan fingerprint density at radius 1 is 1.25 bits per heavy atom. The highest BCUT2D eigenvalue weighted by atomic mass is 19.1. The van der Waals surface area contributed by atoms with E-state index in [9.17, 15) is 14.0 Å². The van der Waals surface area contributed by atoms with E-state index in [-0.39, 0.29) is 18.1 Å². The maximum Gasteiger partial charge on any atom is 0.326 e. The van der Waals surface area contributed by atoms with Crippen molar-refractivity contribution in [2.75, 3.05) is 6.54 Å². The molecule has 1 heterocycles. The van der Waals surface area contributed by atoms with Gasteiger partial charge in [0.1, 0.15) is 11.9 Å². The molecule has 0 aliphatic carbocycles. The Kier molecular flexibility index (Phi) is 4.71. The summed E-state index contributed by atoms with van der Waals surface area (Å²) in [7, 11) is 0. The molecule has 0 spiro atoms. The van der Waals surface area contributed by atoms with Gasteiger partial charge >= 0.3 is 5.97 Å². The Balaban J connectivity index is 1.93. The number of amides is 1. The first kappa shape index (κ1) is 14.5. The minimum atomic E-state index is -0.931. The van der Waals surface area contributed by atoms with Gasteiger partial charge in [-0.25, -0.2) is 9.18 Å². The van der Waals surface area contributed by atoms with E-state index in [2.05, 4.69) is 0 Å². The van der Waals surface area contributed by atoms with Gasteiger partial charge in [0.05, 0.1) is 0 Å². The molecular formula is C15H18FNO3. The van der Waals surface area contributed by atoms with Crippen LogP contribution in [0.5, 0.6) is 0 Å². The number of carbonyl (C=O) groups excluding carboxylic acids is 1. The Labute approximate surface area is 117 Å². The lowest BCUT2D eigenvalue weighted by atomic mass is 10.0. The number of rotatable bonds is 4. The molecule has 5 heteroatoms. The summed E-state index contributed by atoms with van der Waals surface area (Å²) >= 11 is 0. The van der Waals surface area contributed by atoms with Crippen LogP contribution in [-0.4, -0.2) is 34.5 Å². The van der Waals surface area contributed by atoms with Gasteiger partial charge in [-0.05, 0) is 43.4 Å². The van der Waals surface area contributed by atoms with Crippen LogP contribution >= 0.6 is 0 Å². The Bertz CT molecular complexity index is 486. The second-order valence-corrected chi connectivity index (χ2v) is 5.06. The van der Waals surface area contributed by atoms with Crippen LogP contribution in [0.4, 0.5) is 4.39 Å². The first-order chi connectivity index (χ1) is 9.58. The maximum atomic E-state index is 12.8. The highest BCUT2D eigenvalue weighted by molar-refractivity contribution is 5.84. The van der Waals surface area contributed by atoms with Gasteiger partial charge in [-0.15, -0.1) is 0 Å². The molecule has 0 unspecified atom stereocenters. The molecule has 1 saturated heterocycles. The predicted molar refractivity (Wildman–Crippen MR) is 71.7 cm³/mol. The monoisotopic (exact) mass is 279 g/mol. The van der Waals surface area contributed by atoms with Crippen molar-refractivity contribution in [1.29, 1.82) is 0 Å². The van der Waals surface area contributed by atoms with Crippen molar-refractivity contribution < 1.29 is 19.1 Å². The topological polar surface area (TPSA) is 57.6 Å². The number of likely N-dealkylation sites (tertiary alicyclic amines) is 1. The zero-order valence-corrected chi connectivity index (χ0v) is 11.2. The van der Waals surface area contributed by atoms with Gasteiger partial charge in [0, 0.05) is 13.0 Å². The van der Waals surface area contributed by atoms with Crippen LogP contribution in [-0.2, 0) is 16.0 Å². The number of piperidine rings is 1. The summed E-state index contributed by atoms with van der Waals surface area (Å²) in [6.07, 6.45) is 2.99. The van der Waals surface area contributed by atoms with Crippen LogP contribution in [0.1, 0.15) is 31.2 Å². The zero-order chi connectivity index (χ0) is 14.5. The number of aliphatic carboxylic acids is 1. The molecule has 4 nitrogen and oxygen atoms in total. The van der Waals surface area contributed by atoms with Crippen molar-refractivity contribution in [3.05, 3.63) is 35.6 Å². The van der Waals surface area contributed by atoms with Gasteiger partial charge in [-0.2, -0.15) is 0 Å². The summed E-state index contributed by atoms with van der Waals surface area (Å²) < 4.78 is 12.8. The fourth-order valence-electron chi connectivity index (χ4n) is 2.53. The van der Waals surface area contributed by atoms with Gasteiger partial charge in [-0.1, -0.05) is 12.1 Å². The van der Waals surface area contributed by atoms with Crippen molar-refractivity contribution in [2.45, 2.75) is 38.1 Å². The van der Waals surface area contributed by atoms with E-state index in [0.29, 0.717) is 19.4 Å². The van der Waals surface area contributed by atoms with Crippen molar-refractivity contribution in [3.63, 3.8) is 0 Å². The number of carbonyl (C=O) groups is 2. The quantitative estimate of drug-likeness (QED) is 0.919. The van der Waals surface area contributed by atoms with Gasteiger partial charge in [0.2, 0.25) is 5.91 Å². The SMILES string of the molecule is O=C(O)[C@@H]1CCCCN1C(=O)CCc1ccc(F)cc1. The third-order valence-electron chi connectivity index (χ3n) is 3.65. The molecule has 1 aromatic carbocycles.